The molecule has 1 aromatic rings. The molecule has 0 atom stereocenters. The predicted octanol–water partition coefficient (Wildman–Crippen LogP) is 2.16. The Balaban J connectivity index is 2.48. The molecule has 0 fully saturated rings. The lowest BCUT2D eigenvalue weighted by molar-refractivity contribution is -0.140. The number of benzene rings is 1. The van der Waals surface area contributed by atoms with E-state index in [0.29, 0.717) is 11.6 Å². The van der Waals surface area contributed by atoms with E-state index >= 15 is 0 Å². The van der Waals surface area contributed by atoms with E-state index in [0.717, 1.165) is 5.56 Å². The monoisotopic (exact) mass is 255 g/mol. The SMILES string of the molecule is CN(Cc1ccc(Cl)cc1)C(=O)CCC(=O)O. The number of carbonyl (C=O) groups is 2. The van der Waals surface area contributed by atoms with Gasteiger partial charge in [-0.3, -0.25) is 9.59 Å². The molecule has 0 saturated carbocycles. The molecule has 4 nitrogen and oxygen atoms in total. The second-order valence-corrected chi connectivity index (χ2v) is 4.21. The number of amides is 1. The highest BCUT2D eigenvalue weighted by atomic mass is 35.5. The van der Waals surface area contributed by atoms with Gasteiger partial charge in [0.05, 0.1) is 6.42 Å². The summed E-state index contributed by atoms with van der Waals surface area (Å²) < 4.78 is 0. The molecule has 92 valence electrons. The standard InChI is InChI=1S/C12H14ClNO3/c1-14(11(15)6-7-12(16)17)8-9-2-4-10(13)5-3-9/h2-5H,6-8H2,1H3,(H,16,17). The second kappa shape index (κ2) is 6.25. The largest absolute Gasteiger partial charge is 0.481 e. The van der Waals surface area contributed by atoms with Crippen LogP contribution in [0.5, 0.6) is 0 Å². The Morgan fingerprint density at radius 3 is 2.35 bits per heavy atom. The Bertz CT molecular complexity index is 403. The number of aliphatic carboxylic acids is 1. The van der Waals surface area contributed by atoms with Gasteiger partial charge in [-0.25, -0.2) is 0 Å². The van der Waals surface area contributed by atoms with Crippen LogP contribution in [0, 0.1) is 0 Å². The van der Waals surface area contributed by atoms with Gasteiger partial charge in [-0.2, -0.15) is 0 Å². The quantitative estimate of drug-likeness (QED) is 0.877. The van der Waals surface area contributed by atoms with Crippen LogP contribution < -0.4 is 0 Å². The number of hydrogen-bond donors (Lipinski definition) is 1. The van der Waals surface area contributed by atoms with Gasteiger partial charge in [0.2, 0.25) is 5.91 Å². The van der Waals surface area contributed by atoms with Gasteiger partial charge in [0.25, 0.3) is 0 Å². The maximum absolute atomic E-state index is 11.6. The third-order valence-electron chi connectivity index (χ3n) is 2.31. The molecular weight excluding hydrogens is 242 g/mol. The molecule has 17 heavy (non-hydrogen) atoms. The summed E-state index contributed by atoms with van der Waals surface area (Å²) in [7, 11) is 1.65. The van der Waals surface area contributed by atoms with E-state index in [4.69, 9.17) is 16.7 Å². The van der Waals surface area contributed by atoms with E-state index in [1.54, 1.807) is 19.2 Å². The van der Waals surface area contributed by atoms with Gasteiger partial charge >= 0.3 is 5.97 Å². The Morgan fingerprint density at radius 1 is 1.24 bits per heavy atom. The van der Waals surface area contributed by atoms with Crippen molar-refractivity contribution in [1.29, 1.82) is 0 Å². The average Bonchev–Trinajstić information content (AvgIpc) is 2.28. The zero-order chi connectivity index (χ0) is 12.8. The van der Waals surface area contributed by atoms with Crippen molar-refractivity contribution >= 4 is 23.5 Å². The van der Waals surface area contributed by atoms with Crippen molar-refractivity contribution in [3.05, 3.63) is 34.9 Å². The Kier molecular flexibility index (Phi) is 4.97. The van der Waals surface area contributed by atoms with Gasteiger partial charge in [0.1, 0.15) is 0 Å². The van der Waals surface area contributed by atoms with Crippen LogP contribution in [0.1, 0.15) is 18.4 Å². The normalized spacial score (nSPS) is 10.0. The summed E-state index contributed by atoms with van der Waals surface area (Å²) in [5.74, 6) is -1.14. The molecule has 0 aromatic heterocycles. The molecule has 0 spiro atoms. The number of carboxylic acid groups (broad SMARTS) is 1. The number of rotatable bonds is 5. The summed E-state index contributed by atoms with van der Waals surface area (Å²) in [5, 5.41) is 9.13. The summed E-state index contributed by atoms with van der Waals surface area (Å²) in [6.07, 6.45) is -0.108. The van der Waals surface area contributed by atoms with Crippen molar-refractivity contribution < 1.29 is 14.7 Å². The Hall–Kier alpha value is -1.55. The van der Waals surface area contributed by atoms with Crippen LogP contribution in [0.15, 0.2) is 24.3 Å². The van der Waals surface area contributed by atoms with Crippen molar-refractivity contribution in [2.75, 3.05) is 7.05 Å². The highest BCUT2D eigenvalue weighted by Gasteiger charge is 2.10. The number of halogens is 1. The molecule has 0 unspecified atom stereocenters. The third-order valence-corrected chi connectivity index (χ3v) is 2.56. The zero-order valence-electron chi connectivity index (χ0n) is 9.52. The highest BCUT2D eigenvalue weighted by Crippen LogP contribution is 2.11. The fraction of sp³-hybridized carbons (Fsp3) is 0.333. The van der Waals surface area contributed by atoms with Crippen molar-refractivity contribution in [2.24, 2.45) is 0 Å². The summed E-state index contributed by atoms with van der Waals surface area (Å²) in [6.45, 7) is 0.454. The van der Waals surface area contributed by atoms with Crippen LogP contribution in [-0.4, -0.2) is 28.9 Å². The van der Waals surface area contributed by atoms with E-state index in [1.807, 2.05) is 12.1 Å². The fourth-order valence-electron chi connectivity index (χ4n) is 1.36. The topological polar surface area (TPSA) is 57.6 Å². The van der Waals surface area contributed by atoms with Crippen LogP contribution in [0.2, 0.25) is 5.02 Å². The second-order valence-electron chi connectivity index (χ2n) is 3.77. The lowest BCUT2D eigenvalue weighted by Gasteiger charge is -2.16. The lowest BCUT2D eigenvalue weighted by Crippen LogP contribution is -2.26. The molecule has 1 amide bonds. The lowest BCUT2D eigenvalue weighted by atomic mass is 10.2. The Labute approximate surface area is 105 Å². The third kappa shape index (κ3) is 4.87. The summed E-state index contributed by atoms with van der Waals surface area (Å²) in [5.41, 5.74) is 0.959. The van der Waals surface area contributed by atoms with E-state index < -0.39 is 5.97 Å². The van der Waals surface area contributed by atoms with Gasteiger partial charge < -0.3 is 10.0 Å². The maximum Gasteiger partial charge on any atom is 0.303 e. The molecule has 0 aliphatic rings. The first-order chi connectivity index (χ1) is 7.99. The summed E-state index contributed by atoms with van der Waals surface area (Å²) in [6, 6.07) is 7.19. The van der Waals surface area contributed by atoms with Gasteiger partial charge in [-0.15, -0.1) is 0 Å². The smallest absolute Gasteiger partial charge is 0.303 e. The first-order valence-electron chi connectivity index (χ1n) is 5.19. The first-order valence-corrected chi connectivity index (χ1v) is 5.57. The molecule has 0 heterocycles. The highest BCUT2D eigenvalue weighted by molar-refractivity contribution is 6.30. The number of carboxylic acids is 1. The van der Waals surface area contributed by atoms with Crippen molar-refractivity contribution in [3.63, 3.8) is 0 Å². The summed E-state index contributed by atoms with van der Waals surface area (Å²) in [4.78, 5) is 23.4. The van der Waals surface area contributed by atoms with Gasteiger partial charge in [0.15, 0.2) is 0 Å². The molecule has 0 radical (unpaired) electrons. The van der Waals surface area contributed by atoms with Crippen LogP contribution >= 0.6 is 11.6 Å². The van der Waals surface area contributed by atoms with E-state index in [9.17, 15) is 9.59 Å². The maximum atomic E-state index is 11.6. The van der Waals surface area contributed by atoms with Crippen LogP contribution in [0.3, 0.4) is 0 Å². The molecule has 1 rings (SSSR count). The molecule has 0 saturated heterocycles. The van der Waals surface area contributed by atoms with Crippen molar-refractivity contribution in [3.8, 4) is 0 Å². The predicted molar refractivity (Wildman–Crippen MR) is 64.8 cm³/mol. The van der Waals surface area contributed by atoms with Gasteiger partial charge in [-0.05, 0) is 17.7 Å². The number of nitrogens with zero attached hydrogens (tertiary/aromatic N) is 1. The van der Waals surface area contributed by atoms with Gasteiger partial charge in [0, 0.05) is 25.0 Å². The van der Waals surface area contributed by atoms with E-state index in [2.05, 4.69) is 0 Å². The first kappa shape index (κ1) is 13.5. The summed E-state index contributed by atoms with van der Waals surface area (Å²) >= 11 is 5.75. The minimum absolute atomic E-state index is 0.0272. The molecule has 1 aromatic carbocycles. The molecule has 5 heteroatoms. The minimum Gasteiger partial charge on any atom is -0.481 e. The van der Waals surface area contributed by atoms with E-state index in [-0.39, 0.29) is 18.7 Å². The van der Waals surface area contributed by atoms with E-state index in [1.165, 1.54) is 4.90 Å². The number of hydrogen-bond acceptors (Lipinski definition) is 2. The molecule has 1 N–H and O–H groups in total. The Morgan fingerprint density at radius 2 is 1.82 bits per heavy atom. The average molecular weight is 256 g/mol. The van der Waals surface area contributed by atoms with Crippen LogP contribution in [0.25, 0.3) is 0 Å². The van der Waals surface area contributed by atoms with Crippen molar-refractivity contribution in [2.45, 2.75) is 19.4 Å². The zero-order valence-corrected chi connectivity index (χ0v) is 10.3. The molecule has 0 aliphatic heterocycles. The molecule has 0 aliphatic carbocycles. The van der Waals surface area contributed by atoms with Crippen LogP contribution in [0.4, 0.5) is 0 Å². The number of carbonyl (C=O) groups excluding carboxylic acids is 1. The van der Waals surface area contributed by atoms with Crippen molar-refractivity contribution in [1.82, 2.24) is 4.90 Å². The molecule has 0 bridgehead atoms. The molecular formula is C12H14ClNO3. The minimum atomic E-state index is -0.960. The van der Waals surface area contributed by atoms with Crippen LogP contribution in [-0.2, 0) is 16.1 Å². The van der Waals surface area contributed by atoms with Gasteiger partial charge in [-0.1, -0.05) is 23.7 Å². The fourth-order valence-corrected chi connectivity index (χ4v) is 1.48.